The van der Waals surface area contributed by atoms with Crippen LogP contribution in [0.25, 0.3) is 0 Å². The molecule has 0 aliphatic heterocycles. The van der Waals surface area contributed by atoms with Gasteiger partial charge in [0, 0.05) is 13.8 Å². The Morgan fingerprint density at radius 2 is 1.50 bits per heavy atom. The molecular formula is C14H26O4. The van der Waals surface area contributed by atoms with Crippen LogP contribution in [0.15, 0.2) is 0 Å². The first-order chi connectivity index (χ1) is 8.15. The van der Waals surface area contributed by atoms with E-state index in [2.05, 4.69) is 6.92 Å². The molecule has 106 valence electrons. The molecule has 0 bridgehead atoms. The molecule has 4 heteroatoms. The minimum absolute atomic E-state index is 0.159. The molecule has 1 aliphatic carbocycles. The zero-order valence-corrected chi connectivity index (χ0v) is 12.2. The molecule has 0 spiro atoms. The average molecular weight is 258 g/mol. The van der Waals surface area contributed by atoms with Crippen molar-refractivity contribution in [3.8, 4) is 0 Å². The highest BCUT2D eigenvalue weighted by molar-refractivity contribution is 5.66. The number of carbonyl (C=O) groups excluding carboxylic acids is 1. The van der Waals surface area contributed by atoms with E-state index in [0.717, 1.165) is 12.8 Å². The van der Waals surface area contributed by atoms with Gasteiger partial charge in [-0.05, 0) is 38.5 Å². The Morgan fingerprint density at radius 1 is 1.11 bits per heavy atom. The smallest absolute Gasteiger partial charge is 0.303 e. The average Bonchev–Trinajstić information content (AvgIpc) is 2.15. The molecule has 0 radical (unpaired) electrons. The third-order valence-corrected chi connectivity index (χ3v) is 3.41. The molecule has 1 rings (SSSR count). The van der Waals surface area contributed by atoms with Crippen molar-refractivity contribution in [2.24, 2.45) is 11.8 Å². The fourth-order valence-electron chi connectivity index (χ4n) is 2.41. The first-order valence-electron chi connectivity index (χ1n) is 6.54. The number of carboxylic acid groups (broad SMARTS) is 1. The lowest BCUT2D eigenvalue weighted by Crippen LogP contribution is -2.38. The summed E-state index contributed by atoms with van der Waals surface area (Å²) in [5, 5.41) is 7.42. The molecule has 0 heterocycles. The van der Waals surface area contributed by atoms with Crippen molar-refractivity contribution in [1.82, 2.24) is 0 Å². The molecule has 0 unspecified atom stereocenters. The summed E-state index contributed by atoms with van der Waals surface area (Å²) in [6.07, 6.45) is 4.94. The van der Waals surface area contributed by atoms with Gasteiger partial charge in [-0.3, -0.25) is 9.59 Å². The summed E-state index contributed by atoms with van der Waals surface area (Å²) in [6, 6.07) is 0. The molecule has 1 saturated carbocycles. The van der Waals surface area contributed by atoms with E-state index in [-0.39, 0.29) is 11.6 Å². The Labute approximate surface area is 110 Å². The van der Waals surface area contributed by atoms with Gasteiger partial charge in [0.05, 0.1) is 0 Å². The molecule has 1 N–H and O–H groups in total. The second-order valence-corrected chi connectivity index (χ2v) is 5.67. The van der Waals surface area contributed by atoms with Gasteiger partial charge >= 0.3 is 5.97 Å². The largest absolute Gasteiger partial charge is 0.481 e. The van der Waals surface area contributed by atoms with Gasteiger partial charge in [-0.15, -0.1) is 0 Å². The maximum Gasteiger partial charge on any atom is 0.303 e. The number of esters is 1. The Bertz CT molecular complexity index is 272. The molecule has 1 aliphatic rings. The monoisotopic (exact) mass is 258 g/mol. The van der Waals surface area contributed by atoms with Crippen LogP contribution in [-0.2, 0) is 14.3 Å². The van der Waals surface area contributed by atoms with Gasteiger partial charge in [-0.1, -0.05) is 19.8 Å². The summed E-state index contributed by atoms with van der Waals surface area (Å²) >= 11 is 0. The molecule has 0 amide bonds. The lowest BCUT2D eigenvalue weighted by Gasteiger charge is -2.37. The van der Waals surface area contributed by atoms with E-state index in [0.29, 0.717) is 5.92 Å². The number of hydrogen-bond donors (Lipinski definition) is 1. The van der Waals surface area contributed by atoms with Gasteiger partial charge in [-0.2, -0.15) is 0 Å². The molecule has 0 atom stereocenters. The Kier molecular flexibility index (Phi) is 6.96. The van der Waals surface area contributed by atoms with Gasteiger partial charge in [0.2, 0.25) is 0 Å². The summed E-state index contributed by atoms with van der Waals surface area (Å²) in [4.78, 5) is 19.9. The summed E-state index contributed by atoms with van der Waals surface area (Å²) < 4.78 is 5.37. The number of aliphatic carboxylic acids is 1. The Morgan fingerprint density at radius 3 is 1.83 bits per heavy atom. The molecule has 0 aromatic rings. The van der Waals surface area contributed by atoms with Crippen molar-refractivity contribution in [3.05, 3.63) is 0 Å². The molecule has 4 nitrogen and oxygen atoms in total. The SMILES string of the molecule is CC(=O)O.CC(=O)OC(C)(C)C1CCC(C)CC1. The first-order valence-corrected chi connectivity index (χ1v) is 6.54. The normalized spacial score (nSPS) is 23.6. The van der Waals surface area contributed by atoms with Crippen LogP contribution >= 0.6 is 0 Å². The van der Waals surface area contributed by atoms with E-state index in [4.69, 9.17) is 14.6 Å². The zero-order chi connectivity index (χ0) is 14.3. The van der Waals surface area contributed by atoms with Crippen molar-refractivity contribution in [2.75, 3.05) is 0 Å². The van der Waals surface area contributed by atoms with Crippen LogP contribution in [0, 0.1) is 11.8 Å². The molecule has 0 aromatic heterocycles. The molecule has 0 saturated heterocycles. The van der Waals surface area contributed by atoms with Crippen LogP contribution in [-0.4, -0.2) is 22.6 Å². The van der Waals surface area contributed by atoms with Crippen LogP contribution in [0.2, 0.25) is 0 Å². The van der Waals surface area contributed by atoms with Crippen molar-refractivity contribution < 1.29 is 19.4 Å². The van der Waals surface area contributed by atoms with E-state index in [9.17, 15) is 4.79 Å². The van der Waals surface area contributed by atoms with Crippen LogP contribution in [0.5, 0.6) is 0 Å². The summed E-state index contributed by atoms with van der Waals surface area (Å²) in [6.45, 7) is 8.95. The van der Waals surface area contributed by atoms with Crippen LogP contribution < -0.4 is 0 Å². The van der Waals surface area contributed by atoms with E-state index < -0.39 is 5.97 Å². The lowest BCUT2D eigenvalue weighted by atomic mass is 9.75. The second kappa shape index (κ2) is 7.39. The topological polar surface area (TPSA) is 63.6 Å². The quantitative estimate of drug-likeness (QED) is 0.772. The Balaban J connectivity index is 0.000000631. The summed E-state index contributed by atoms with van der Waals surface area (Å²) in [7, 11) is 0. The summed E-state index contributed by atoms with van der Waals surface area (Å²) in [5.41, 5.74) is -0.272. The maximum absolute atomic E-state index is 10.9. The highest BCUT2D eigenvalue weighted by Crippen LogP contribution is 2.36. The van der Waals surface area contributed by atoms with E-state index in [1.807, 2.05) is 13.8 Å². The van der Waals surface area contributed by atoms with Crippen LogP contribution in [0.3, 0.4) is 0 Å². The third-order valence-electron chi connectivity index (χ3n) is 3.41. The molecule has 0 aromatic carbocycles. The number of carbonyl (C=O) groups is 2. The predicted octanol–water partition coefficient (Wildman–Crippen LogP) is 3.25. The number of carboxylic acids is 1. The van der Waals surface area contributed by atoms with Crippen LogP contribution in [0.4, 0.5) is 0 Å². The third kappa shape index (κ3) is 7.30. The van der Waals surface area contributed by atoms with E-state index >= 15 is 0 Å². The van der Waals surface area contributed by atoms with Crippen LogP contribution in [0.1, 0.15) is 60.3 Å². The molecule has 1 fully saturated rings. The first kappa shape index (κ1) is 16.9. The minimum atomic E-state index is -0.833. The maximum atomic E-state index is 10.9. The van der Waals surface area contributed by atoms with Crippen molar-refractivity contribution in [1.29, 1.82) is 0 Å². The number of ether oxygens (including phenoxy) is 1. The van der Waals surface area contributed by atoms with Gasteiger partial charge in [0.1, 0.15) is 5.60 Å². The molecule has 18 heavy (non-hydrogen) atoms. The zero-order valence-electron chi connectivity index (χ0n) is 12.2. The number of hydrogen-bond acceptors (Lipinski definition) is 3. The lowest BCUT2D eigenvalue weighted by molar-refractivity contribution is -0.160. The fraction of sp³-hybridized carbons (Fsp3) is 0.857. The minimum Gasteiger partial charge on any atom is -0.481 e. The van der Waals surface area contributed by atoms with Crippen molar-refractivity contribution in [3.63, 3.8) is 0 Å². The van der Waals surface area contributed by atoms with E-state index in [1.165, 1.54) is 32.6 Å². The summed E-state index contributed by atoms with van der Waals surface area (Å²) in [5.74, 6) is 0.399. The van der Waals surface area contributed by atoms with Gasteiger partial charge < -0.3 is 9.84 Å². The Hall–Kier alpha value is -1.06. The van der Waals surface area contributed by atoms with Gasteiger partial charge in [0.25, 0.3) is 5.97 Å². The fourth-order valence-corrected chi connectivity index (χ4v) is 2.41. The second-order valence-electron chi connectivity index (χ2n) is 5.67. The highest BCUT2D eigenvalue weighted by atomic mass is 16.6. The standard InChI is InChI=1S/C12H22O2.C2H4O2/c1-9-5-7-11(8-6-9)12(3,4)14-10(2)13;1-2(3)4/h9,11H,5-8H2,1-4H3;1H3,(H,3,4). The number of rotatable bonds is 2. The van der Waals surface area contributed by atoms with Gasteiger partial charge in [0.15, 0.2) is 0 Å². The van der Waals surface area contributed by atoms with E-state index in [1.54, 1.807) is 0 Å². The molecular weight excluding hydrogens is 232 g/mol. The highest BCUT2D eigenvalue weighted by Gasteiger charge is 2.34. The predicted molar refractivity (Wildman–Crippen MR) is 70.3 cm³/mol. The van der Waals surface area contributed by atoms with Crippen molar-refractivity contribution in [2.45, 2.75) is 65.9 Å². The van der Waals surface area contributed by atoms with Gasteiger partial charge in [-0.25, -0.2) is 0 Å². The van der Waals surface area contributed by atoms with Crippen molar-refractivity contribution >= 4 is 11.9 Å².